The molecule has 102 valence electrons. The van der Waals surface area contributed by atoms with Gasteiger partial charge < -0.3 is 10.6 Å². The van der Waals surface area contributed by atoms with E-state index < -0.39 is 5.54 Å². The highest BCUT2D eigenvalue weighted by molar-refractivity contribution is 5.81. The molecule has 0 saturated carbocycles. The second-order valence-corrected chi connectivity index (χ2v) is 5.24. The number of benzene rings is 1. The van der Waals surface area contributed by atoms with E-state index >= 15 is 0 Å². The molecule has 0 radical (unpaired) electrons. The first-order valence-corrected chi connectivity index (χ1v) is 6.40. The maximum atomic E-state index is 11.9. The summed E-state index contributed by atoms with van der Waals surface area (Å²) in [5, 5.41) is 15.0. The summed E-state index contributed by atoms with van der Waals surface area (Å²) in [6.45, 7) is 7.72. The van der Waals surface area contributed by atoms with Crippen LogP contribution in [-0.4, -0.2) is 18.0 Å². The van der Waals surface area contributed by atoms with Gasteiger partial charge in [-0.1, -0.05) is 26.0 Å². The quantitative estimate of drug-likeness (QED) is 0.853. The Balaban J connectivity index is 2.55. The van der Waals surface area contributed by atoms with Gasteiger partial charge in [-0.25, -0.2) is 0 Å². The lowest BCUT2D eigenvalue weighted by atomic mass is 9.90. The largest absolute Gasteiger partial charge is 0.376 e. The standard InChI is InChI=1S/C15H21N3O/c1-11(2)15(4,10-16)18-14(19)9-17-13-7-5-6-12(3)8-13/h5-8,11,17H,9H2,1-4H3,(H,18,19). The summed E-state index contributed by atoms with van der Waals surface area (Å²) in [7, 11) is 0. The van der Waals surface area contributed by atoms with Crippen LogP contribution in [0, 0.1) is 24.2 Å². The SMILES string of the molecule is Cc1cccc(NCC(=O)NC(C)(C#N)C(C)C)c1. The van der Waals surface area contributed by atoms with Crippen molar-refractivity contribution in [3.05, 3.63) is 29.8 Å². The van der Waals surface area contributed by atoms with E-state index in [0.717, 1.165) is 11.3 Å². The van der Waals surface area contributed by atoms with E-state index in [2.05, 4.69) is 16.7 Å². The average Bonchev–Trinajstić information content (AvgIpc) is 2.36. The first-order chi connectivity index (χ1) is 8.87. The number of anilines is 1. The highest BCUT2D eigenvalue weighted by Crippen LogP contribution is 2.15. The maximum Gasteiger partial charge on any atom is 0.240 e. The highest BCUT2D eigenvalue weighted by Gasteiger charge is 2.29. The molecule has 0 heterocycles. The fraction of sp³-hybridized carbons (Fsp3) is 0.467. The monoisotopic (exact) mass is 259 g/mol. The zero-order chi connectivity index (χ0) is 14.5. The normalized spacial score (nSPS) is 13.5. The lowest BCUT2D eigenvalue weighted by Gasteiger charge is -2.27. The van der Waals surface area contributed by atoms with Crippen LogP contribution in [0.5, 0.6) is 0 Å². The first kappa shape index (κ1) is 15.0. The van der Waals surface area contributed by atoms with Gasteiger partial charge in [0.15, 0.2) is 0 Å². The molecule has 0 aliphatic rings. The summed E-state index contributed by atoms with van der Waals surface area (Å²) in [4.78, 5) is 11.9. The Bertz CT molecular complexity index is 490. The number of nitrogens with one attached hydrogen (secondary N) is 2. The average molecular weight is 259 g/mol. The minimum atomic E-state index is -0.828. The van der Waals surface area contributed by atoms with Gasteiger partial charge in [0.1, 0.15) is 5.54 Å². The Morgan fingerprint density at radius 2 is 2.16 bits per heavy atom. The van der Waals surface area contributed by atoms with Crippen LogP contribution in [0.1, 0.15) is 26.3 Å². The smallest absolute Gasteiger partial charge is 0.240 e. The summed E-state index contributed by atoms with van der Waals surface area (Å²) < 4.78 is 0. The van der Waals surface area contributed by atoms with E-state index in [1.54, 1.807) is 6.92 Å². The van der Waals surface area contributed by atoms with Crippen LogP contribution in [0.2, 0.25) is 0 Å². The molecule has 1 rings (SSSR count). The molecule has 0 spiro atoms. The molecule has 4 heteroatoms. The zero-order valence-electron chi connectivity index (χ0n) is 11.9. The summed E-state index contributed by atoms with van der Waals surface area (Å²) in [5.41, 5.74) is 1.21. The van der Waals surface area contributed by atoms with Crippen molar-refractivity contribution in [1.29, 1.82) is 5.26 Å². The summed E-state index contributed by atoms with van der Waals surface area (Å²) in [6.07, 6.45) is 0. The first-order valence-electron chi connectivity index (χ1n) is 6.40. The van der Waals surface area contributed by atoms with Crippen molar-refractivity contribution in [3.8, 4) is 6.07 Å². The molecule has 0 fully saturated rings. The van der Waals surface area contributed by atoms with Gasteiger partial charge in [0, 0.05) is 5.69 Å². The molecular formula is C15H21N3O. The fourth-order valence-corrected chi connectivity index (χ4v) is 1.57. The predicted molar refractivity (Wildman–Crippen MR) is 76.7 cm³/mol. The third-order valence-electron chi connectivity index (χ3n) is 3.26. The Hall–Kier alpha value is -2.02. The summed E-state index contributed by atoms with van der Waals surface area (Å²) in [6, 6.07) is 9.97. The number of nitrogens with zero attached hydrogens (tertiary/aromatic N) is 1. The molecule has 2 N–H and O–H groups in total. The Morgan fingerprint density at radius 1 is 1.47 bits per heavy atom. The van der Waals surface area contributed by atoms with Gasteiger partial charge in [0.2, 0.25) is 5.91 Å². The molecule has 0 aromatic heterocycles. The van der Waals surface area contributed by atoms with Crippen LogP contribution >= 0.6 is 0 Å². The molecule has 1 unspecified atom stereocenters. The van der Waals surface area contributed by atoms with Crippen molar-refractivity contribution in [2.75, 3.05) is 11.9 Å². The molecule has 0 aliphatic carbocycles. The van der Waals surface area contributed by atoms with Crippen LogP contribution in [0.4, 0.5) is 5.69 Å². The van der Waals surface area contributed by atoms with Gasteiger partial charge in [-0.05, 0) is 37.5 Å². The van der Waals surface area contributed by atoms with Crippen molar-refractivity contribution >= 4 is 11.6 Å². The maximum absolute atomic E-state index is 11.9. The Kier molecular flexibility index (Phi) is 4.94. The Labute approximate surface area is 114 Å². The second kappa shape index (κ2) is 6.24. The van der Waals surface area contributed by atoms with E-state index in [1.807, 2.05) is 45.0 Å². The molecule has 0 saturated heterocycles. The minimum absolute atomic E-state index is 0.0559. The number of rotatable bonds is 5. The predicted octanol–water partition coefficient (Wildman–Crippen LogP) is 2.46. The number of hydrogen-bond acceptors (Lipinski definition) is 3. The minimum Gasteiger partial charge on any atom is -0.376 e. The van der Waals surface area contributed by atoms with Crippen LogP contribution in [-0.2, 0) is 4.79 Å². The van der Waals surface area contributed by atoms with E-state index in [0.29, 0.717) is 0 Å². The van der Waals surface area contributed by atoms with Crippen LogP contribution in [0.15, 0.2) is 24.3 Å². The molecule has 19 heavy (non-hydrogen) atoms. The van der Waals surface area contributed by atoms with Crippen molar-refractivity contribution in [1.82, 2.24) is 5.32 Å². The van der Waals surface area contributed by atoms with Crippen molar-refractivity contribution in [3.63, 3.8) is 0 Å². The molecule has 1 atom stereocenters. The van der Waals surface area contributed by atoms with Crippen LogP contribution < -0.4 is 10.6 Å². The Morgan fingerprint density at radius 3 is 2.68 bits per heavy atom. The van der Waals surface area contributed by atoms with Crippen molar-refractivity contribution < 1.29 is 4.79 Å². The van der Waals surface area contributed by atoms with E-state index in [-0.39, 0.29) is 18.4 Å². The third-order valence-corrected chi connectivity index (χ3v) is 3.26. The second-order valence-electron chi connectivity index (χ2n) is 5.24. The fourth-order valence-electron chi connectivity index (χ4n) is 1.57. The molecule has 1 aromatic rings. The van der Waals surface area contributed by atoms with Crippen molar-refractivity contribution in [2.24, 2.45) is 5.92 Å². The molecular weight excluding hydrogens is 238 g/mol. The number of aryl methyl sites for hydroxylation is 1. The topological polar surface area (TPSA) is 64.9 Å². The van der Waals surface area contributed by atoms with E-state index in [4.69, 9.17) is 5.26 Å². The van der Waals surface area contributed by atoms with Gasteiger partial charge in [-0.2, -0.15) is 5.26 Å². The van der Waals surface area contributed by atoms with Gasteiger partial charge in [-0.15, -0.1) is 0 Å². The van der Waals surface area contributed by atoms with Gasteiger partial charge in [-0.3, -0.25) is 4.79 Å². The van der Waals surface area contributed by atoms with E-state index in [1.165, 1.54) is 0 Å². The van der Waals surface area contributed by atoms with Crippen LogP contribution in [0.25, 0.3) is 0 Å². The number of carbonyl (C=O) groups excluding carboxylic acids is 1. The van der Waals surface area contributed by atoms with Gasteiger partial charge >= 0.3 is 0 Å². The number of carbonyl (C=O) groups is 1. The number of nitriles is 1. The molecule has 4 nitrogen and oxygen atoms in total. The lowest BCUT2D eigenvalue weighted by Crippen LogP contribution is -2.50. The van der Waals surface area contributed by atoms with Gasteiger partial charge in [0.25, 0.3) is 0 Å². The lowest BCUT2D eigenvalue weighted by molar-refractivity contribution is -0.121. The van der Waals surface area contributed by atoms with Gasteiger partial charge in [0.05, 0.1) is 12.6 Å². The number of amides is 1. The van der Waals surface area contributed by atoms with Crippen molar-refractivity contribution in [2.45, 2.75) is 33.2 Å². The third kappa shape index (κ3) is 4.29. The highest BCUT2D eigenvalue weighted by atomic mass is 16.2. The molecule has 0 bridgehead atoms. The molecule has 0 aliphatic heterocycles. The molecule has 1 aromatic carbocycles. The zero-order valence-corrected chi connectivity index (χ0v) is 11.9. The van der Waals surface area contributed by atoms with Crippen LogP contribution in [0.3, 0.4) is 0 Å². The molecule has 1 amide bonds. The summed E-state index contributed by atoms with van der Waals surface area (Å²) in [5.74, 6) is -0.125. The number of hydrogen-bond donors (Lipinski definition) is 2. The summed E-state index contributed by atoms with van der Waals surface area (Å²) >= 11 is 0. The van der Waals surface area contributed by atoms with E-state index in [9.17, 15) is 4.79 Å².